The van der Waals surface area contributed by atoms with Gasteiger partial charge in [-0.2, -0.15) is 0 Å². The van der Waals surface area contributed by atoms with Gasteiger partial charge in [0.2, 0.25) is 5.91 Å². The van der Waals surface area contributed by atoms with Crippen LogP contribution in [0, 0.1) is 0 Å². The molecular weight excluding hydrogens is 520 g/mol. The van der Waals surface area contributed by atoms with Crippen molar-refractivity contribution in [3.8, 4) is 0 Å². The first kappa shape index (κ1) is 26.7. The molecular formula is C29H23ClN4O3S. The topological polar surface area (TPSA) is 100 Å². The number of nitrogens with one attached hydrogen (secondary N) is 3. The number of hydrogen-bond acceptors (Lipinski definition) is 5. The van der Waals surface area contributed by atoms with Crippen LogP contribution in [0.15, 0.2) is 114 Å². The van der Waals surface area contributed by atoms with Crippen LogP contribution in [0.25, 0.3) is 6.08 Å². The normalized spacial score (nSPS) is 10.9. The number of anilines is 2. The van der Waals surface area contributed by atoms with Gasteiger partial charge in [0.1, 0.15) is 5.70 Å². The van der Waals surface area contributed by atoms with Gasteiger partial charge in [0.05, 0.1) is 5.75 Å². The molecule has 38 heavy (non-hydrogen) atoms. The lowest BCUT2D eigenvalue weighted by Crippen LogP contribution is -2.30. The number of pyridine rings is 1. The summed E-state index contributed by atoms with van der Waals surface area (Å²) in [6.07, 6.45) is 4.80. The van der Waals surface area contributed by atoms with Gasteiger partial charge in [0, 0.05) is 39.3 Å². The number of carbonyl (C=O) groups excluding carboxylic acids is 3. The maximum absolute atomic E-state index is 13.1. The molecule has 7 nitrogen and oxygen atoms in total. The molecule has 3 aromatic carbocycles. The van der Waals surface area contributed by atoms with E-state index in [0.717, 1.165) is 4.90 Å². The minimum Gasteiger partial charge on any atom is -0.325 e. The van der Waals surface area contributed by atoms with E-state index < -0.39 is 11.8 Å². The summed E-state index contributed by atoms with van der Waals surface area (Å²) in [6, 6.07) is 26.1. The highest BCUT2D eigenvalue weighted by molar-refractivity contribution is 8.00. The number of nitrogens with zero attached hydrogens (tertiary/aromatic N) is 1. The molecule has 3 amide bonds. The fourth-order valence-corrected chi connectivity index (χ4v) is 4.11. The minimum atomic E-state index is -0.485. The van der Waals surface area contributed by atoms with Crippen LogP contribution in [-0.2, 0) is 9.59 Å². The third kappa shape index (κ3) is 8.06. The second-order valence-electron chi connectivity index (χ2n) is 7.98. The number of aromatic nitrogens is 1. The van der Waals surface area contributed by atoms with Crippen LogP contribution < -0.4 is 16.0 Å². The smallest absolute Gasteiger partial charge is 0.272 e. The van der Waals surface area contributed by atoms with Crippen molar-refractivity contribution in [2.75, 3.05) is 16.4 Å². The van der Waals surface area contributed by atoms with Crippen molar-refractivity contribution in [1.82, 2.24) is 10.3 Å². The maximum atomic E-state index is 13.1. The highest BCUT2D eigenvalue weighted by Gasteiger charge is 2.15. The van der Waals surface area contributed by atoms with Gasteiger partial charge >= 0.3 is 0 Å². The van der Waals surface area contributed by atoms with E-state index in [4.69, 9.17) is 11.6 Å². The number of amides is 3. The predicted octanol–water partition coefficient (Wildman–Crippen LogP) is 5.88. The van der Waals surface area contributed by atoms with E-state index in [2.05, 4.69) is 20.9 Å². The van der Waals surface area contributed by atoms with Crippen molar-refractivity contribution in [2.24, 2.45) is 0 Å². The third-order valence-corrected chi connectivity index (χ3v) is 6.42. The lowest BCUT2D eigenvalue weighted by molar-refractivity contribution is -0.114. The fraction of sp³-hybridized carbons (Fsp3) is 0.0345. The highest BCUT2D eigenvalue weighted by Crippen LogP contribution is 2.21. The quantitative estimate of drug-likeness (QED) is 0.181. The Labute approximate surface area is 229 Å². The summed E-state index contributed by atoms with van der Waals surface area (Å²) in [4.78, 5) is 42.9. The van der Waals surface area contributed by atoms with Crippen LogP contribution in [0.2, 0.25) is 5.02 Å². The molecule has 0 aliphatic heterocycles. The molecule has 0 saturated heterocycles. The molecule has 0 spiro atoms. The van der Waals surface area contributed by atoms with E-state index in [0.29, 0.717) is 27.5 Å². The number of thioether (sulfide) groups is 1. The van der Waals surface area contributed by atoms with E-state index in [1.807, 2.05) is 18.2 Å². The number of hydrogen-bond donors (Lipinski definition) is 3. The van der Waals surface area contributed by atoms with E-state index in [1.54, 1.807) is 91.3 Å². The van der Waals surface area contributed by atoms with Gasteiger partial charge in [0.15, 0.2) is 0 Å². The van der Waals surface area contributed by atoms with Crippen molar-refractivity contribution < 1.29 is 14.4 Å². The van der Waals surface area contributed by atoms with Gasteiger partial charge in [-0.05, 0) is 72.3 Å². The SMILES string of the molecule is O=C(CSc1ccc(NC(=O)/C(=C/c2ccc(Cl)cc2)NC(=O)c2ccccc2)cc1)Nc1ccncc1. The van der Waals surface area contributed by atoms with Crippen LogP contribution in [0.1, 0.15) is 15.9 Å². The Balaban J connectivity index is 1.40. The Morgan fingerprint density at radius 3 is 2.13 bits per heavy atom. The average molecular weight is 543 g/mol. The summed E-state index contributed by atoms with van der Waals surface area (Å²) in [5.41, 5.74) is 2.43. The van der Waals surface area contributed by atoms with Gasteiger partial charge < -0.3 is 16.0 Å². The Morgan fingerprint density at radius 2 is 1.45 bits per heavy atom. The molecule has 0 fully saturated rings. The summed E-state index contributed by atoms with van der Waals surface area (Å²) in [5.74, 6) is -0.795. The summed E-state index contributed by atoms with van der Waals surface area (Å²) in [7, 11) is 0. The monoisotopic (exact) mass is 542 g/mol. The molecule has 1 aromatic heterocycles. The molecule has 0 aliphatic carbocycles. The summed E-state index contributed by atoms with van der Waals surface area (Å²) >= 11 is 7.35. The first-order valence-electron chi connectivity index (χ1n) is 11.5. The van der Waals surface area contributed by atoms with Crippen molar-refractivity contribution >= 4 is 58.5 Å². The van der Waals surface area contributed by atoms with Gasteiger partial charge in [-0.25, -0.2) is 0 Å². The average Bonchev–Trinajstić information content (AvgIpc) is 2.94. The van der Waals surface area contributed by atoms with E-state index in [-0.39, 0.29) is 17.4 Å². The van der Waals surface area contributed by atoms with E-state index >= 15 is 0 Å². The molecule has 1 heterocycles. The number of benzene rings is 3. The zero-order valence-electron chi connectivity index (χ0n) is 20.1. The molecule has 0 unspecified atom stereocenters. The third-order valence-electron chi connectivity index (χ3n) is 5.16. The molecule has 9 heteroatoms. The highest BCUT2D eigenvalue weighted by atomic mass is 35.5. The largest absolute Gasteiger partial charge is 0.325 e. The Kier molecular flexibility index (Phi) is 9.28. The maximum Gasteiger partial charge on any atom is 0.272 e. The molecule has 0 radical (unpaired) electrons. The first-order valence-corrected chi connectivity index (χ1v) is 12.9. The van der Waals surface area contributed by atoms with Gasteiger partial charge in [-0.3, -0.25) is 19.4 Å². The number of rotatable bonds is 9. The number of carbonyl (C=O) groups is 3. The molecule has 0 atom stereocenters. The minimum absolute atomic E-state index is 0.0763. The Hall–Kier alpha value is -4.40. The van der Waals surface area contributed by atoms with Crippen molar-refractivity contribution in [1.29, 1.82) is 0 Å². The van der Waals surface area contributed by atoms with Crippen molar-refractivity contribution in [3.63, 3.8) is 0 Å². The zero-order chi connectivity index (χ0) is 26.7. The molecule has 3 N–H and O–H groups in total. The molecule has 4 aromatic rings. The van der Waals surface area contributed by atoms with Crippen LogP contribution in [0.3, 0.4) is 0 Å². The zero-order valence-corrected chi connectivity index (χ0v) is 21.6. The van der Waals surface area contributed by atoms with Crippen molar-refractivity contribution in [2.45, 2.75) is 4.90 Å². The molecule has 190 valence electrons. The van der Waals surface area contributed by atoms with Crippen LogP contribution in [-0.4, -0.2) is 28.5 Å². The fourth-order valence-electron chi connectivity index (χ4n) is 3.28. The second kappa shape index (κ2) is 13.2. The van der Waals surface area contributed by atoms with Crippen LogP contribution in [0.4, 0.5) is 11.4 Å². The predicted molar refractivity (Wildman–Crippen MR) is 152 cm³/mol. The van der Waals surface area contributed by atoms with Gasteiger partial charge in [-0.15, -0.1) is 11.8 Å². The first-order chi connectivity index (χ1) is 18.5. The standard InChI is InChI=1S/C29H23ClN4O3S/c30-22-8-6-20(7-9-22)18-26(34-28(36)21-4-2-1-3-5-21)29(37)33-23-10-12-25(13-11-23)38-19-27(35)32-24-14-16-31-17-15-24/h1-18H,19H2,(H,33,37)(H,34,36)(H,31,32,35)/b26-18-. The molecule has 4 rings (SSSR count). The number of halogens is 1. The lowest BCUT2D eigenvalue weighted by Gasteiger charge is -2.12. The van der Waals surface area contributed by atoms with Gasteiger partial charge in [-0.1, -0.05) is 41.9 Å². The van der Waals surface area contributed by atoms with Crippen LogP contribution in [0.5, 0.6) is 0 Å². The molecule has 0 saturated carbocycles. The Morgan fingerprint density at radius 1 is 0.789 bits per heavy atom. The van der Waals surface area contributed by atoms with Crippen LogP contribution >= 0.6 is 23.4 Å². The Bertz CT molecular complexity index is 1430. The summed E-state index contributed by atoms with van der Waals surface area (Å²) < 4.78 is 0. The van der Waals surface area contributed by atoms with E-state index in [1.165, 1.54) is 11.8 Å². The van der Waals surface area contributed by atoms with Gasteiger partial charge in [0.25, 0.3) is 11.8 Å². The second-order valence-corrected chi connectivity index (χ2v) is 9.47. The van der Waals surface area contributed by atoms with E-state index in [9.17, 15) is 14.4 Å². The lowest BCUT2D eigenvalue weighted by atomic mass is 10.1. The summed E-state index contributed by atoms with van der Waals surface area (Å²) in [5, 5.41) is 8.89. The summed E-state index contributed by atoms with van der Waals surface area (Å²) in [6.45, 7) is 0. The molecule has 0 bridgehead atoms. The van der Waals surface area contributed by atoms with Crippen molar-refractivity contribution in [3.05, 3.63) is 125 Å². The molecule has 0 aliphatic rings.